The predicted octanol–water partition coefficient (Wildman–Crippen LogP) is 6.40. The van der Waals surface area contributed by atoms with E-state index in [4.69, 9.17) is 0 Å². The molecule has 1 heteroatoms. The van der Waals surface area contributed by atoms with E-state index in [9.17, 15) is 0 Å². The lowest BCUT2D eigenvalue weighted by Crippen LogP contribution is -2.16. The van der Waals surface area contributed by atoms with E-state index in [0.29, 0.717) is 17.8 Å². The van der Waals surface area contributed by atoms with Gasteiger partial charge in [-0.3, -0.25) is 0 Å². The van der Waals surface area contributed by atoms with E-state index in [1.807, 2.05) is 6.08 Å². The van der Waals surface area contributed by atoms with Gasteiger partial charge in [0.2, 0.25) is 0 Å². The van der Waals surface area contributed by atoms with Gasteiger partial charge in [-0.2, -0.15) is 0 Å². The van der Waals surface area contributed by atoms with Gasteiger partial charge >= 0.3 is 0 Å². The van der Waals surface area contributed by atoms with Crippen molar-refractivity contribution in [1.29, 1.82) is 0 Å². The highest BCUT2D eigenvalue weighted by Crippen LogP contribution is 2.31. The second-order valence-electron chi connectivity index (χ2n) is 7.41. The molecule has 1 atom stereocenters. The largest absolute Gasteiger partial charge is 0.117 e. The maximum atomic E-state index is 3.33. The van der Waals surface area contributed by atoms with E-state index in [2.05, 4.69) is 71.6 Å². The first-order valence-corrected chi connectivity index (χ1v) is 10.1. The summed E-state index contributed by atoms with van der Waals surface area (Å²) in [5.74, 6) is 1.79. The average molecular weight is 326 g/mol. The van der Waals surface area contributed by atoms with Crippen LogP contribution in [0.5, 0.6) is 0 Å². The molecular weight excluding hydrogens is 295 g/mol. The lowest BCUT2D eigenvalue weighted by molar-refractivity contribution is 0.813. The van der Waals surface area contributed by atoms with Gasteiger partial charge in [-0.05, 0) is 64.0 Å². The molecule has 0 aromatic heterocycles. The Balaban J connectivity index is 2.30. The van der Waals surface area contributed by atoms with E-state index in [0.717, 1.165) is 15.0 Å². The molecule has 1 aromatic carbocycles. The molecule has 1 aromatic rings. The minimum atomic E-state index is 0.596. The van der Waals surface area contributed by atoms with E-state index in [-0.39, 0.29) is 0 Å². The molecule has 0 saturated carbocycles. The molecule has 23 heavy (non-hydrogen) atoms. The van der Waals surface area contributed by atoms with Gasteiger partial charge in [0.25, 0.3) is 0 Å². The third-order valence-electron chi connectivity index (χ3n) is 4.49. The van der Waals surface area contributed by atoms with Crippen molar-refractivity contribution in [3.05, 3.63) is 58.4 Å². The Morgan fingerprint density at radius 2 is 1.52 bits per heavy atom. The second kappa shape index (κ2) is 8.14. The Morgan fingerprint density at radius 3 is 1.96 bits per heavy atom. The summed E-state index contributed by atoms with van der Waals surface area (Å²) in [5.41, 5.74) is 9.33. The van der Waals surface area contributed by atoms with Gasteiger partial charge in [0, 0.05) is 0 Å². The van der Waals surface area contributed by atoms with E-state index in [1.165, 1.54) is 17.3 Å². The molecule has 0 amide bonds. The molecule has 0 bridgehead atoms. The van der Waals surface area contributed by atoms with Crippen molar-refractivity contribution in [2.45, 2.75) is 65.7 Å². The summed E-state index contributed by atoms with van der Waals surface area (Å²) < 4.78 is 0. The molecule has 0 radical (unpaired) electrons. The van der Waals surface area contributed by atoms with Gasteiger partial charge in [0.1, 0.15) is 0 Å². The number of benzene rings is 1. The molecule has 0 heterocycles. The van der Waals surface area contributed by atoms with Crippen LogP contribution in [0, 0.1) is 0 Å². The zero-order valence-corrected chi connectivity index (χ0v) is 16.5. The fraction of sp³-hybridized carbons (Fsp3) is 0.500. The minimum Gasteiger partial charge on any atom is -0.117 e. The summed E-state index contributed by atoms with van der Waals surface area (Å²) in [6.07, 6.45) is 8.69. The van der Waals surface area contributed by atoms with E-state index < -0.39 is 0 Å². The van der Waals surface area contributed by atoms with Crippen LogP contribution in [0.2, 0.25) is 0 Å². The van der Waals surface area contributed by atoms with Gasteiger partial charge < -0.3 is 0 Å². The lowest BCUT2D eigenvalue weighted by Gasteiger charge is -2.23. The van der Waals surface area contributed by atoms with E-state index >= 15 is 0 Å². The van der Waals surface area contributed by atoms with Crippen LogP contribution >= 0.6 is 8.58 Å². The first-order valence-electron chi connectivity index (χ1n) is 8.94. The number of hydrogen-bond donors (Lipinski definition) is 0. The third kappa shape index (κ3) is 4.69. The third-order valence-corrected chi connectivity index (χ3v) is 5.92. The van der Waals surface area contributed by atoms with Crippen molar-refractivity contribution < 1.29 is 0 Å². The van der Waals surface area contributed by atoms with Crippen LogP contribution in [-0.4, -0.2) is 6.16 Å². The molecule has 1 aliphatic rings. The summed E-state index contributed by atoms with van der Waals surface area (Å²) in [4.78, 5) is 0. The van der Waals surface area contributed by atoms with Gasteiger partial charge in [0.05, 0.1) is 0 Å². The summed E-state index contributed by atoms with van der Waals surface area (Å²) >= 11 is 0. The van der Waals surface area contributed by atoms with Gasteiger partial charge in [-0.15, -0.1) is 5.73 Å². The van der Waals surface area contributed by atoms with Crippen LogP contribution in [0.4, 0.5) is 0 Å². The lowest BCUT2D eigenvalue weighted by atomic mass is 9.89. The van der Waals surface area contributed by atoms with Crippen LogP contribution in [0.15, 0.2) is 41.7 Å². The molecule has 2 rings (SSSR count). The standard InChI is InChI=1S/C22H31P/c1-15(2)19-13-20(16(3)4)22(21(14-19)17(5)6)23-12-11-18-9-7-8-10-18/h7-9,13-17,23H,11-12H2,1-6H3. The Kier molecular flexibility index (Phi) is 6.46. The maximum absolute atomic E-state index is 3.33. The van der Waals surface area contributed by atoms with Gasteiger partial charge in [-0.25, -0.2) is 0 Å². The van der Waals surface area contributed by atoms with Crippen molar-refractivity contribution in [1.82, 2.24) is 0 Å². The summed E-state index contributed by atoms with van der Waals surface area (Å²) in [6.45, 7) is 13.9. The topological polar surface area (TPSA) is 0 Å². The van der Waals surface area contributed by atoms with Crippen LogP contribution < -0.4 is 5.30 Å². The van der Waals surface area contributed by atoms with Crippen LogP contribution in [0.25, 0.3) is 0 Å². The smallest absolute Gasteiger partial charge is 0.00566 e. The molecule has 0 spiro atoms. The average Bonchev–Trinajstić information content (AvgIpc) is 2.99. The quantitative estimate of drug-likeness (QED) is 0.401. The Bertz CT molecular complexity index is 609. The highest BCUT2D eigenvalue weighted by atomic mass is 31.1. The fourth-order valence-electron chi connectivity index (χ4n) is 3.01. The molecule has 0 aliphatic heterocycles. The summed E-state index contributed by atoms with van der Waals surface area (Å²) in [5, 5.41) is 1.63. The second-order valence-corrected chi connectivity index (χ2v) is 8.76. The van der Waals surface area contributed by atoms with Crippen LogP contribution in [0.3, 0.4) is 0 Å². The molecule has 0 nitrogen and oxygen atoms in total. The zero-order valence-electron chi connectivity index (χ0n) is 15.5. The number of allylic oxidation sites excluding steroid dienone is 3. The number of rotatable bonds is 7. The summed E-state index contributed by atoms with van der Waals surface area (Å²) in [6, 6.07) is 4.94. The van der Waals surface area contributed by atoms with Gasteiger partial charge in [-0.1, -0.05) is 74.4 Å². The maximum Gasteiger partial charge on any atom is -0.00566 e. The van der Waals surface area contributed by atoms with Crippen molar-refractivity contribution in [3.8, 4) is 0 Å². The molecule has 0 fully saturated rings. The molecule has 1 aliphatic carbocycles. The predicted molar refractivity (Wildman–Crippen MR) is 107 cm³/mol. The first-order chi connectivity index (χ1) is 10.9. The summed E-state index contributed by atoms with van der Waals surface area (Å²) in [7, 11) is 0.896. The molecule has 124 valence electrons. The van der Waals surface area contributed by atoms with Crippen molar-refractivity contribution >= 4 is 13.9 Å². The molecule has 0 N–H and O–H groups in total. The van der Waals surface area contributed by atoms with Crippen LogP contribution in [0.1, 0.15) is 82.4 Å². The molecular formula is C22H31P. The van der Waals surface area contributed by atoms with Gasteiger partial charge in [0.15, 0.2) is 0 Å². The number of hydrogen-bond acceptors (Lipinski definition) is 0. The monoisotopic (exact) mass is 326 g/mol. The minimum absolute atomic E-state index is 0.596. The van der Waals surface area contributed by atoms with Crippen molar-refractivity contribution in [3.63, 3.8) is 0 Å². The molecule has 0 saturated heterocycles. The SMILES string of the molecule is CC(C)c1cc(C(C)C)c(PCCC2=C=CC=C2)c(C(C)C)c1. The van der Waals surface area contributed by atoms with Crippen molar-refractivity contribution in [2.24, 2.45) is 0 Å². The Labute approximate surface area is 144 Å². The first kappa shape index (κ1) is 18.3. The van der Waals surface area contributed by atoms with E-state index in [1.54, 1.807) is 16.4 Å². The Morgan fingerprint density at radius 1 is 0.913 bits per heavy atom. The highest BCUT2D eigenvalue weighted by molar-refractivity contribution is 7.47. The Hall–Kier alpha value is -1.09. The normalized spacial score (nSPS) is 14.2. The van der Waals surface area contributed by atoms with Crippen LogP contribution in [-0.2, 0) is 0 Å². The highest BCUT2D eigenvalue weighted by Gasteiger charge is 2.17. The zero-order chi connectivity index (χ0) is 17.0. The molecule has 1 unspecified atom stereocenters. The fourth-order valence-corrected chi connectivity index (χ4v) is 4.78. The van der Waals surface area contributed by atoms with Crippen molar-refractivity contribution in [2.75, 3.05) is 6.16 Å².